The molecule has 0 bridgehead atoms. The summed E-state index contributed by atoms with van der Waals surface area (Å²) in [5.41, 5.74) is 2.76. The summed E-state index contributed by atoms with van der Waals surface area (Å²) >= 11 is 0. The average Bonchev–Trinajstić information content (AvgIpc) is 2.61. The minimum absolute atomic E-state index is 0.0545. The predicted molar refractivity (Wildman–Crippen MR) is 83.1 cm³/mol. The third-order valence-electron chi connectivity index (χ3n) is 4.33. The fourth-order valence-electron chi connectivity index (χ4n) is 3.31. The largest absolute Gasteiger partial charge is 0.493 e. The maximum atomic E-state index is 9.76. The molecule has 0 aliphatic carbocycles. The summed E-state index contributed by atoms with van der Waals surface area (Å²) in [6.45, 7) is 1.17. The zero-order chi connectivity index (χ0) is 14.9. The second-order valence-corrected chi connectivity index (χ2v) is 5.62. The molecule has 0 aromatic heterocycles. The van der Waals surface area contributed by atoms with Crippen LogP contribution in [0.5, 0.6) is 5.75 Å². The molecule has 0 amide bonds. The van der Waals surface area contributed by atoms with Gasteiger partial charge in [-0.1, -0.05) is 48.5 Å². The molecule has 2 heterocycles. The van der Waals surface area contributed by atoms with Crippen molar-refractivity contribution in [2.24, 2.45) is 5.92 Å². The Hall–Kier alpha value is -2.73. The molecule has 0 spiro atoms. The summed E-state index contributed by atoms with van der Waals surface area (Å²) in [4.78, 5) is 0. The van der Waals surface area contributed by atoms with Gasteiger partial charge in [-0.2, -0.15) is 5.26 Å². The molecular formula is C19H15NO2. The van der Waals surface area contributed by atoms with Crippen LogP contribution >= 0.6 is 0 Å². The first-order valence-electron chi connectivity index (χ1n) is 7.42. The fourth-order valence-corrected chi connectivity index (χ4v) is 3.31. The van der Waals surface area contributed by atoms with Gasteiger partial charge in [-0.05, 0) is 6.07 Å². The van der Waals surface area contributed by atoms with Gasteiger partial charge in [0, 0.05) is 23.0 Å². The number of nitrogens with zero attached hydrogens (tertiary/aromatic N) is 1. The van der Waals surface area contributed by atoms with Crippen LogP contribution in [0, 0.1) is 17.2 Å². The summed E-state index contributed by atoms with van der Waals surface area (Å²) < 4.78 is 11.7. The van der Waals surface area contributed by atoms with Crippen LogP contribution in [0.15, 0.2) is 60.2 Å². The first-order valence-corrected chi connectivity index (χ1v) is 7.42. The summed E-state index contributed by atoms with van der Waals surface area (Å²) in [5, 5.41) is 9.76. The van der Waals surface area contributed by atoms with Gasteiger partial charge in [0.15, 0.2) is 0 Å². The number of ether oxygens (including phenoxy) is 2. The third-order valence-corrected chi connectivity index (χ3v) is 4.33. The van der Waals surface area contributed by atoms with E-state index in [4.69, 9.17) is 9.47 Å². The van der Waals surface area contributed by atoms with Crippen LogP contribution in [0.1, 0.15) is 17.0 Å². The van der Waals surface area contributed by atoms with E-state index in [0.717, 1.165) is 16.9 Å². The second-order valence-electron chi connectivity index (χ2n) is 5.62. The molecule has 108 valence electrons. The van der Waals surface area contributed by atoms with Crippen molar-refractivity contribution in [3.8, 4) is 11.8 Å². The van der Waals surface area contributed by atoms with Gasteiger partial charge in [-0.25, -0.2) is 0 Å². The first-order chi connectivity index (χ1) is 10.9. The van der Waals surface area contributed by atoms with Crippen molar-refractivity contribution < 1.29 is 9.47 Å². The highest BCUT2D eigenvalue weighted by Crippen LogP contribution is 2.46. The van der Waals surface area contributed by atoms with Crippen molar-refractivity contribution in [1.82, 2.24) is 0 Å². The standard InChI is InChI=1S/C19H15NO2/c20-10-16-18-14(11-21-17-9-5-4-8-15(17)18)12-22-19(16)13-6-2-1-3-7-13/h1-9,14,18H,11-12H2/t14-,18+/m0/s1. The van der Waals surface area contributed by atoms with Gasteiger partial charge in [-0.3, -0.25) is 0 Å². The van der Waals surface area contributed by atoms with Crippen molar-refractivity contribution in [2.45, 2.75) is 5.92 Å². The number of rotatable bonds is 1. The van der Waals surface area contributed by atoms with Crippen LogP contribution in [0.2, 0.25) is 0 Å². The molecule has 0 saturated carbocycles. The van der Waals surface area contributed by atoms with Gasteiger partial charge < -0.3 is 9.47 Å². The Balaban J connectivity index is 1.89. The second kappa shape index (κ2) is 5.23. The lowest BCUT2D eigenvalue weighted by molar-refractivity contribution is 0.115. The van der Waals surface area contributed by atoms with Crippen molar-refractivity contribution in [1.29, 1.82) is 5.26 Å². The van der Waals surface area contributed by atoms with E-state index in [-0.39, 0.29) is 11.8 Å². The van der Waals surface area contributed by atoms with Crippen LogP contribution in [0.3, 0.4) is 0 Å². The smallest absolute Gasteiger partial charge is 0.140 e. The maximum absolute atomic E-state index is 9.76. The van der Waals surface area contributed by atoms with Crippen molar-refractivity contribution in [3.05, 3.63) is 71.3 Å². The minimum Gasteiger partial charge on any atom is -0.493 e. The van der Waals surface area contributed by atoms with Gasteiger partial charge in [0.2, 0.25) is 0 Å². The van der Waals surface area contributed by atoms with E-state index >= 15 is 0 Å². The molecule has 4 rings (SSSR count). The van der Waals surface area contributed by atoms with E-state index in [9.17, 15) is 5.26 Å². The average molecular weight is 289 g/mol. The SMILES string of the molecule is N#CC1=C(c2ccccc2)OC[C@@H]2COc3ccccc3[C@H]12. The van der Waals surface area contributed by atoms with Crippen molar-refractivity contribution in [2.75, 3.05) is 13.2 Å². The van der Waals surface area contributed by atoms with E-state index in [1.54, 1.807) is 0 Å². The molecular weight excluding hydrogens is 274 g/mol. The molecule has 0 radical (unpaired) electrons. The minimum atomic E-state index is 0.0545. The van der Waals surface area contributed by atoms with Gasteiger partial charge >= 0.3 is 0 Å². The number of hydrogen-bond donors (Lipinski definition) is 0. The lowest BCUT2D eigenvalue weighted by atomic mass is 9.77. The summed E-state index contributed by atoms with van der Waals surface area (Å²) in [7, 11) is 0. The Labute approximate surface area is 129 Å². The zero-order valence-electron chi connectivity index (χ0n) is 12.0. The number of para-hydroxylation sites is 1. The normalized spacial score (nSPS) is 22.7. The van der Waals surface area contributed by atoms with E-state index in [1.165, 1.54) is 0 Å². The van der Waals surface area contributed by atoms with E-state index < -0.39 is 0 Å². The van der Waals surface area contributed by atoms with Crippen LogP contribution < -0.4 is 4.74 Å². The Bertz CT molecular complexity index is 774. The molecule has 3 nitrogen and oxygen atoms in total. The Morgan fingerprint density at radius 2 is 1.64 bits per heavy atom. The summed E-state index contributed by atoms with van der Waals surface area (Å²) in [6, 6.07) is 20.2. The Morgan fingerprint density at radius 3 is 2.45 bits per heavy atom. The van der Waals surface area contributed by atoms with E-state index in [0.29, 0.717) is 24.5 Å². The number of fused-ring (bicyclic) bond motifs is 3. The molecule has 2 aromatic rings. The van der Waals surface area contributed by atoms with Crippen molar-refractivity contribution >= 4 is 5.76 Å². The van der Waals surface area contributed by atoms with Gasteiger partial charge in [0.05, 0.1) is 24.9 Å². The monoisotopic (exact) mass is 289 g/mol. The lowest BCUT2D eigenvalue weighted by Gasteiger charge is -2.37. The number of nitriles is 1. The molecule has 2 aliphatic heterocycles. The molecule has 2 aliphatic rings. The Morgan fingerprint density at radius 1 is 0.909 bits per heavy atom. The van der Waals surface area contributed by atoms with E-state index in [1.807, 2.05) is 48.5 Å². The molecule has 0 saturated heterocycles. The molecule has 0 unspecified atom stereocenters. The molecule has 0 N–H and O–H groups in total. The molecule has 2 atom stereocenters. The highest BCUT2D eigenvalue weighted by molar-refractivity contribution is 5.70. The number of allylic oxidation sites excluding steroid dienone is 1. The van der Waals surface area contributed by atoms with Gasteiger partial charge in [0.1, 0.15) is 11.5 Å². The summed E-state index contributed by atoms with van der Waals surface area (Å²) in [5.74, 6) is 1.84. The van der Waals surface area contributed by atoms with Crippen LogP contribution in [-0.4, -0.2) is 13.2 Å². The van der Waals surface area contributed by atoms with Crippen molar-refractivity contribution in [3.63, 3.8) is 0 Å². The van der Waals surface area contributed by atoms with E-state index in [2.05, 4.69) is 12.1 Å². The highest BCUT2D eigenvalue weighted by Gasteiger charge is 2.39. The number of hydrogen-bond acceptors (Lipinski definition) is 3. The number of benzene rings is 2. The molecule has 2 aromatic carbocycles. The third kappa shape index (κ3) is 1.96. The summed E-state index contributed by atoms with van der Waals surface area (Å²) in [6.07, 6.45) is 0. The highest BCUT2D eigenvalue weighted by atomic mass is 16.5. The van der Waals surface area contributed by atoms with Crippen LogP contribution in [-0.2, 0) is 4.74 Å². The Kier molecular flexibility index (Phi) is 3.08. The predicted octanol–water partition coefficient (Wildman–Crippen LogP) is 3.74. The topological polar surface area (TPSA) is 42.2 Å². The molecule has 22 heavy (non-hydrogen) atoms. The van der Waals surface area contributed by atoms with Crippen LogP contribution in [0.4, 0.5) is 0 Å². The quantitative estimate of drug-likeness (QED) is 0.803. The fraction of sp³-hybridized carbons (Fsp3) is 0.211. The maximum Gasteiger partial charge on any atom is 0.140 e. The molecule has 0 fully saturated rings. The van der Waals surface area contributed by atoms with Gasteiger partial charge in [0.25, 0.3) is 0 Å². The van der Waals surface area contributed by atoms with Gasteiger partial charge in [-0.15, -0.1) is 0 Å². The zero-order valence-corrected chi connectivity index (χ0v) is 12.0. The first kappa shape index (κ1) is 13.0. The van der Waals surface area contributed by atoms with Crippen LogP contribution in [0.25, 0.3) is 5.76 Å². The molecule has 3 heteroatoms. The lowest BCUT2D eigenvalue weighted by Crippen LogP contribution is -2.34.